The molecule has 0 spiro atoms. The van der Waals surface area contributed by atoms with Gasteiger partial charge in [-0.25, -0.2) is 15.2 Å². The molecule has 106 valence electrons. The summed E-state index contributed by atoms with van der Waals surface area (Å²) in [5.41, 5.74) is 1.45. The predicted molar refractivity (Wildman–Crippen MR) is 70.9 cm³/mol. The molecule has 0 unspecified atom stereocenters. The van der Waals surface area contributed by atoms with Gasteiger partial charge in [0.1, 0.15) is 23.6 Å². The Morgan fingerprint density at radius 1 is 1.48 bits per heavy atom. The third-order valence-corrected chi connectivity index (χ3v) is 2.47. The second-order valence-electron chi connectivity index (χ2n) is 3.73. The molecule has 2 aromatic rings. The first-order valence-electron chi connectivity index (χ1n) is 5.50. The number of benzene rings is 1. The predicted octanol–water partition coefficient (Wildman–Crippen LogP) is 1.42. The zero-order chi connectivity index (χ0) is 15.4. The minimum atomic E-state index is -0.753. The topological polar surface area (TPSA) is 143 Å². The van der Waals surface area contributed by atoms with E-state index in [0.717, 1.165) is 12.3 Å². The molecule has 0 fully saturated rings. The summed E-state index contributed by atoms with van der Waals surface area (Å²) in [6, 6.07) is 5.52. The quantitative estimate of drug-likeness (QED) is 0.435. The second-order valence-corrected chi connectivity index (χ2v) is 3.73. The van der Waals surface area contributed by atoms with Crippen LogP contribution < -0.4 is 16.6 Å². The second kappa shape index (κ2) is 5.76. The number of halogens is 1. The van der Waals surface area contributed by atoms with Crippen molar-refractivity contribution in [2.45, 2.75) is 0 Å². The van der Waals surface area contributed by atoms with E-state index < -0.39 is 16.4 Å². The summed E-state index contributed by atoms with van der Waals surface area (Å²) in [4.78, 5) is 17.6. The molecule has 2 rings (SSSR count). The Bertz CT molecular complexity index is 744. The Hall–Kier alpha value is -3.32. The van der Waals surface area contributed by atoms with Crippen molar-refractivity contribution in [3.8, 4) is 6.07 Å². The number of nitrogen functional groups attached to an aromatic ring is 1. The van der Waals surface area contributed by atoms with E-state index >= 15 is 0 Å². The minimum Gasteiger partial charge on any atom is -0.333 e. The van der Waals surface area contributed by atoms with Crippen LogP contribution in [0.5, 0.6) is 0 Å². The van der Waals surface area contributed by atoms with Crippen LogP contribution in [0.1, 0.15) is 5.56 Å². The average molecular weight is 289 g/mol. The molecule has 0 aliphatic carbocycles. The zero-order valence-corrected chi connectivity index (χ0v) is 10.4. The number of nitrogens with two attached hydrogens (primary N) is 1. The molecule has 1 aromatic heterocycles. The van der Waals surface area contributed by atoms with Crippen LogP contribution >= 0.6 is 0 Å². The monoisotopic (exact) mass is 289 g/mol. The van der Waals surface area contributed by atoms with Crippen LogP contribution in [-0.4, -0.2) is 14.9 Å². The van der Waals surface area contributed by atoms with Gasteiger partial charge >= 0.3 is 5.69 Å². The number of rotatable bonds is 4. The van der Waals surface area contributed by atoms with Gasteiger partial charge < -0.3 is 5.32 Å². The van der Waals surface area contributed by atoms with Crippen molar-refractivity contribution in [2.75, 3.05) is 10.7 Å². The van der Waals surface area contributed by atoms with Crippen molar-refractivity contribution in [3.05, 3.63) is 45.9 Å². The average Bonchev–Trinajstić information content (AvgIpc) is 2.47. The SMILES string of the molecule is N#Cc1c(F)cccc1Nc1nc(NN)ncc1[N+](=O)[O-]. The summed E-state index contributed by atoms with van der Waals surface area (Å²) in [6.45, 7) is 0. The van der Waals surface area contributed by atoms with Gasteiger partial charge in [-0.05, 0) is 12.1 Å². The van der Waals surface area contributed by atoms with Crippen molar-refractivity contribution in [2.24, 2.45) is 5.84 Å². The molecule has 1 heterocycles. The van der Waals surface area contributed by atoms with Crippen molar-refractivity contribution >= 4 is 23.1 Å². The normalized spacial score (nSPS) is 9.76. The Morgan fingerprint density at radius 2 is 2.24 bits per heavy atom. The number of hydrazine groups is 1. The van der Waals surface area contributed by atoms with E-state index in [1.807, 2.05) is 0 Å². The number of hydrogen-bond donors (Lipinski definition) is 3. The van der Waals surface area contributed by atoms with Gasteiger partial charge in [-0.15, -0.1) is 0 Å². The highest BCUT2D eigenvalue weighted by Gasteiger charge is 2.19. The first-order valence-corrected chi connectivity index (χ1v) is 5.50. The molecule has 0 radical (unpaired) electrons. The number of nitrogens with zero attached hydrogens (tertiary/aromatic N) is 4. The Labute approximate surface area is 117 Å². The maximum Gasteiger partial charge on any atom is 0.329 e. The summed E-state index contributed by atoms with van der Waals surface area (Å²) < 4.78 is 13.5. The maximum absolute atomic E-state index is 13.5. The molecular weight excluding hydrogens is 281 g/mol. The molecule has 10 heteroatoms. The summed E-state index contributed by atoms with van der Waals surface area (Å²) in [5.74, 6) is 4.09. The summed E-state index contributed by atoms with van der Waals surface area (Å²) in [7, 11) is 0. The number of nitrogens with one attached hydrogen (secondary N) is 2. The lowest BCUT2D eigenvalue weighted by atomic mass is 10.2. The maximum atomic E-state index is 13.5. The largest absolute Gasteiger partial charge is 0.333 e. The number of nitriles is 1. The van der Waals surface area contributed by atoms with E-state index in [1.165, 1.54) is 12.1 Å². The molecule has 0 bridgehead atoms. The fraction of sp³-hybridized carbons (Fsp3) is 0. The van der Waals surface area contributed by atoms with Crippen LogP contribution in [0.4, 0.5) is 27.5 Å². The van der Waals surface area contributed by atoms with E-state index in [2.05, 4.69) is 20.7 Å². The Balaban J connectivity index is 2.51. The lowest BCUT2D eigenvalue weighted by Crippen LogP contribution is -2.12. The lowest BCUT2D eigenvalue weighted by molar-refractivity contribution is -0.384. The Morgan fingerprint density at radius 3 is 2.86 bits per heavy atom. The minimum absolute atomic E-state index is 0.0438. The van der Waals surface area contributed by atoms with Crippen LogP contribution in [0, 0.1) is 27.3 Å². The number of aromatic nitrogens is 2. The fourth-order valence-electron chi connectivity index (χ4n) is 1.54. The highest BCUT2D eigenvalue weighted by atomic mass is 19.1. The van der Waals surface area contributed by atoms with Gasteiger partial charge in [0.15, 0.2) is 0 Å². The first kappa shape index (κ1) is 14.1. The molecule has 21 heavy (non-hydrogen) atoms. The number of nitro groups is 1. The lowest BCUT2D eigenvalue weighted by Gasteiger charge is -2.09. The van der Waals surface area contributed by atoms with E-state index in [9.17, 15) is 14.5 Å². The van der Waals surface area contributed by atoms with Gasteiger partial charge in [-0.1, -0.05) is 6.07 Å². The molecule has 1 aromatic carbocycles. The van der Waals surface area contributed by atoms with E-state index in [0.29, 0.717) is 0 Å². The van der Waals surface area contributed by atoms with Crippen LogP contribution in [-0.2, 0) is 0 Å². The standard InChI is InChI=1S/C11H8FN7O2/c12-7-2-1-3-8(6(7)4-13)16-10-9(19(20)21)5-15-11(17-10)18-14/h1-3,5H,14H2,(H2,15,16,17,18). The molecular formula is C11H8FN7O2. The van der Waals surface area contributed by atoms with Crippen LogP contribution in [0.25, 0.3) is 0 Å². The van der Waals surface area contributed by atoms with E-state index in [-0.39, 0.29) is 23.0 Å². The van der Waals surface area contributed by atoms with Gasteiger partial charge in [0.05, 0.1) is 10.6 Å². The highest BCUT2D eigenvalue weighted by Crippen LogP contribution is 2.28. The van der Waals surface area contributed by atoms with Gasteiger partial charge in [0.25, 0.3) is 0 Å². The molecule has 9 nitrogen and oxygen atoms in total. The van der Waals surface area contributed by atoms with Crippen LogP contribution in [0.15, 0.2) is 24.4 Å². The molecule has 0 saturated heterocycles. The molecule has 0 aliphatic heterocycles. The van der Waals surface area contributed by atoms with Gasteiger partial charge in [0.2, 0.25) is 11.8 Å². The molecule has 0 atom stereocenters. The van der Waals surface area contributed by atoms with Crippen molar-refractivity contribution in [1.82, 2.24) is 9.97 Å². The molecule has 0 aliphatic rings. The smallest absolute Gasteiger partial charge is 0.329 e. The third-order valence-electron chi connectivity index (χ3n) is 2.47. The highest BCUT2D eigenvalue weighted by molar-refractivity contribution is 5.70. The summed E-state index contributed by atoms with van der Waals surface area (Å²) >= 11 is 0. The molecule has 4 N–H and O–H groups in total. The number of anilines is 3. The van der Waals surface area contributed by atoms with Crippen LogP contribution in [0.3, 0.4) is 0 Å². The van der Waals surface area contributed by atoms with Gasteiger partial charge in [-0.3, -0.25) is 15.5 Å². The van der Waals surface area contributed by atoms with Crippen molar-refractivity contribution in [1.29, 1.82) is 5.26 Å². The van der Waals surface area contributed by atoms with E-state index in [4.69, 9.17) is 11.1 Å². The molecule has 0 amide bonds. The van der Waals surface area contributed by atoms with Gasteiger partial charge in [-0.2, -0.15) is 10.2 Å². The Kier molecular flexibility index (Phi) is 3.87. The zero-order valence-electron chi connectivity index (χ0n) is 10.4. The fourth-order valence-corrected chi connectivity index (χ4v) is 1.54. The third kappa shape index (κ3) is 2.82. The first-order chi connectivity index (χ1) is 10.1. The summed E-state index contributed by atoms with van der Waals surface area (Å²) in [6.07, 6.45) is 0.940. The van der Waals surface area contributed by atoms with Crippen LogP contribution in [0.2, 0.25) is 0 Å². The van der Waals surface area contributed by atoms with Gasteiger partial charge in [0, 0.05) is 0 Å². The van der Waals surface area contributed by atoms with Crippen molar-refractivity contribution in [3.63, 3.8) is 0 Å². The summed E-state index contributed by atoms with van der Waals surface area (Å²) in [5, 5.41) is 22.4. The number of hydrogen-bond acceptors (Lipinski definition) is 8. The van der Waals surface area contributed by atoms with Crippen molar-refractivity contribution < 1.29 is 9.31 Å². The molecule has 0 saturated carbocycles. The van der Waals surface area contributed by atoms with E-state index in [1.54, 1.807) is 6.07 Å².